The van der Waals surface area contributed by atoms with Crippen LogP contribution in [0, 0.1) is 11.2 Å². The zero-order valence-corrected chi connectivity index (χ0v) is 11.8. The van der Waals surface area contributed by atoms with Gasteiger partial charge in [-0.15, -0.1) is 0 Å². The molecule has 1 aliphatic heterocycles. The molecule has 0 spiro atoms. The summed E-state index contributed by atoms with van der Waals surface area (Å²) in [4.78, 5) is -0.285. The molecule has 0 aromatic heterocycles. The highest BCUT2D eigenvalue weighted by molar-refractivity contribution is 7.89. The zero-order valence-electron chi connectivity index (χ0n) is 10.9. The van der Waals surface area contributed by atoms with E-state index in [2.05, 4.69) is 17.0 Å². The molecule has 0 aliphatic carbocycles. The van der Waals surface area contributed by atoms with E-state index in [1.54, 1.807) is 0 Å². The second-order valence-electron chi connectivity index (χ2n) is 5.32. The van der Waals surface area contributed by atoms with Crippen LogP contribution in [0.1, 0.15) is 19.8 Å². The molecule has 1 fully saturated rings. The van der Waals surface area contributed by atoms with E-state index >= 15 is 0 Å². The fourth-order valence-electron chi connectivity index (χ4n) is 2.22. The summed E-state index contributed by atoms with van der Waals surface area (Å²) in [7, 11) is -3.77. The minimum absolute atomic E-state index is 0.0659. The van der Waals surface area contributed by atoms with Crippen LogP contribution in [0.15, 0.2) is 29.2 Å². The standard InChI is InChI=1S/C13H19FN2O2S/c1-13(6-8-15-9-7-13)10-16-19(17,18)12-5-3-2-4-11(12)14/h2-5,15-16H,6-10H2,1H3. The van der Waals surface area contributed by atoms with E-state index in [-0.39, 0.29) is 10.3 Å². The Hall–Kier alpha value is -0.980. The van der Waals surface area contributed by atoms with Crippen molar-refractivity contribution in [1.29, 1.82) is 0 Å². The van der Waals surface area contributed by atoms with Crippen molar-refractivity contribution in [3.63, 3.8) is 0 Å². The monoisotopic (exact) mass is 286 g/mol. The number of sulfonamides is 1. The molecular formula is C13H19FN2O2S. The Morgan fingerprint density at radius 2 is 1.95 bits per heavy atom. The number of rotatable bonds is 4. The average Bonchev–Trinajstić information content (AvgIpc) is 2.38. The van der Waals surface area contributed by atoms with Gasteiger partial charge in [0.25, 0.3) is 0 Å². The van der Waals surface area contributed by atoms with Gasteiger partial charge in [-0.1, -0.05) is 19.1 Å². The molecule has 1 heterocycles. The molecule has 2 N–H and O–H groups in total. The lowest BCUT2D eigenvalue weighted by Crippen LogP contribution is -2.42. The van der Waals surface area contributed by atoms with Gasteiger partial charge < -0.3 is 5.32 Å². The summed E-state index contributed by atoms with van der Waals surface area (Å²) in [6.07, 6.45) is 1.82. The molecule has 1 aromatic carbocycles. The zero-order chi connectivity index (χ0) is 13.9. The van der Waals surface area contributed by atoms with E-state index in [1.807, 2.05) is 0 Å². The Balaban J connectivity index is 2.08. The predicted molar refractivity (Wildman–Crippen MR) is 71.8 cm³/mol. The third kappa shape index (κ3) is 3.52. The first-order valence-corrected chi connectivity index (χ1v) is 7.86. The Bertz CT molecular complexity index is 539. The first-order valence-electron chi connectivity index (χ1n) is 6.38. The largest absolute Gasteiger partial charge is 0.317 e. The maximum absolute atomic E-state index is 13.5. The lowest BCUT2D eigenvalue weighted by atomic mass is 9.81. The van der Waals surface area contributed by atoms with Gasteiger partial charge in [0.15, 0.2) is 0 Å². The first kappa shape index (κ1) is 14.4. The van der Waals surface area contributed by atoms with Gasteiger partial charge in [0.2, 0.25) is 10.0 Å². The van der Waals surface area contributed by atoms with Gasteiger partial charge in [-0.3, -0.25) is 0 Å². The van der Waals surface area contributed by atoms with Crippen molar-refractivity contribution >= 4 is 10.0 Å². The molecule has 0 unspecified atom stereocenters. The number of hydrogen-bond acceptors (Lipinski definition) is 3. The van der Waals surface area contributed by atoms with Gasteiger partial charge in [-0.2, -0.15) is 0 Å². The van der Waals surface area contributed by atoms with Crippen molar-refractivity contribution in [2.24, 2.45) is 5.41 Å². The van der Waals surface area contributed by atoms with E-state index in [4.69, 9.17) is 0 Å². The smallest absolute Gasteiger partial charge is 0.243 e. The molecule has 0 amide bonds. The van der Waals surface area contributed by atoms with E-state index < -0.39 is 15.8 Å². The molecule has 0 saturated carbocycles. The predicted octanol–water partition coefficient (Wildman–Crippen LogP) is 1.49. The van der Waals surface area contributed by atoms with E-state index in [1.165, 1.54) is 18.2 Å². The summed E-state index contributed by atoms with van der Waals surface area (Å²) in [6, 6.07) is 5.43. The van der Waals surface area contributed by atoms with Crippen LogP contribution < -0.4 is 10.0 Å². The van der Waals surface area contributed by atoms with Crippen LogP contribution in [0.25, 0.3) is 0 Å². The molecule has 1 aromatic rings. The summed E-state index contributed by atoms with van der Waals surface area (Å²) < 4.78 is 40.2. The van der Waals surface area contributed by atoms with Crippen LogP contribution in [0.3, 0.4) is 0 Å². The lowest BCUT2D eigenvalue weighted by Gasteiger charge is -2.34. The van der Waals surface area contributed by atoms with Crippen LogP contribution in [0.4, 0.5) is 4.39 Å². The SMILES string of the molecule is CC1(CNS(=O)(=O)c2ccccc2F)CCNCC1. The second-order valence-corrected chi connectivity index (χ2v) is 7.05. The molecule has 0 atom stereocenters. The van der Waals surface area contributed by atoms with Gasteiger partial charge >= 0.3 is 0 Å². The molecule has 1 aliphatic rings. The van der Waals surface area contributed by atoms with Crippen LogP contribution >= 0.6 is 0 Å². The topological polar surface area (TPSA) is 58.2 Å². The van der Waals surface area contributed by atoms with Gasteiger partial charge in [-0.05, 0) is 43.5 Å². The van der Waals surface area contributed by atoms with E-state index in [9.17, 15) is 12.8 Å². The third-order valence-corrected chi connectivity index (χ3v) is 5.06. The molecule has 6 heteroatoms. The molecule has 1 saturated heterocycles. The highest BCUT2D eigenvalue weighted by Crippen LogP contribution is 2.27. The van der Waals surface area contributed by atoms with E-state index in [0.29, 0.717) is 6.54 Å². The average molecular weight is 286 g/mol. The number of nitrogens with one attached hydrogen (secondary N) is 2. The Kier molecular flexibility index (Phi) is 4.23. The van der Waals surface area contributed by atoms with Crippen LogP contribution in [0.5, 0.6) is 0 Å². The number of halogens is 1. The second kappa shape index (κ2) is 5.56. The van der Waals surface area contributed by atoms with Gasteiger partial charge in [0.1, 0.15) is 10.7 Å². The normalized spacial score (nSPS) is 19.3. The summed E-state index contributed by atoms with van der Waals surface area (Å²) in [5, 5.41) is 3.24. The highest BCUT2D eigenvalue weighted by Gasteiger charge is 2.29. The van der Waals surface area contributed by atoms with E-state index in [0.717, 1.165) is 32.0 Å². The Morgan fingerprint density at radius 3 is 2.58 bits per heavy atom. The molecule has 0 radical (unpaired) electrons. The van der Waals surface area contributed by atoms with Crippen molar-refractivity contribution in [3.8, 4) is 0 Å². The molecule has 0 bridgehead atoms. The van der Waals surface area contributed by atoms with Gasteiger partial charge in [0.05, 0.1) is 0 Å². The summed E-state index contributed by atoms with van der Waals surface area (Å²) in [5.74, 6) is -0.717. The van der Waals surface area contributed by atoms with Crippen LogP contribution in [-0.4, -0.2) is 28.1 Å². The quantitative estimate of drug-likeness (QED) is 0.882. The molecule has 4 nitrogen and oxygen atoms in total. The van der Waals surface area contributed by atoms with Crippen LogP contribution in [0.2, 0.25) is 0 Å². The fraction of sp³-hybridized carbons (Fsp3) is 0.538. The lowest BCUT2D eigenvalue weighted by molar-refractivity contribution is 0.232. The number of hydrogen-bond donors (Lipinski definition) is 2. The highest BCUT2D eigenvalue weighted by atomic mass is 32.2. The van der Waals surface area contributed by atoms with Crippen molar-refractivity contribution in [1.82, 2.24) is 10.0 Å². The molecular weight excluding hydrogens is 267 g/mol. The first-order chi connectivity index (χ1) is 8.93. The number of piperidine rings is 1. The molecule has 2 rings (SSSR count). The summed E-state index contributed by atoms with van der Waals surface area (Å²) >= 11 is 0. The van der Waals surface area contributed by atoms with Crippen molar-refractivity contribution < 1.29 is 12.8 Å². The van der Waals surface area contributed by atoms with Crippen LogP contribution in [-0.2, 0) is 10.0 Å². The summed E-state index contributed by atoms with van der Waals surface area (Å²) in [5.41, 5.74) is -0.0659. The van der Waals surface area contributed by atoms with Crippen molar-refractivity contribution in [2.75, 3.05) is 19.6 Å². The van der Waals surface area contributed by atoms with Gasteiger partial charge in [-0.25, -0.2) is 17.5 Å². The summed E-state index contributed by atoms with van der Waals surface area (Å²) in [6.45, 7) is 4.17. The minimum Gasteiger partial charge on any atom is -0.317 e. The molecule has 106 valence electrons. The van der Waals surface area contributed by atoms with Crippen molar-refractivity contribution in [3.05, 3.63) is 30.1 Å². The fourth-order valence-corrected chi connectivity index (χ4v) is 3.49. The maximum Gasteiger partial charge on any atom is 0.243 e. The van der Waals surface area contributed by atoms with Gasteiger partial charge in [0, 0.05) is 6.54 Å². The number of benzene rings is 1. The Labute approximate surface area is 113 Å². The Morgan fingerprint density at radius 1 is 1.32 bits per heavy atom. The third-order valence-electron chi connectivity index (χ3n) is 3.63. The van der Waals surface area contributed by atoms with Crippen molar-refractivity contribution in [2.45, 2.75) is 24.7 Å². The minimum atomic E-state index is -3.77. The molecule has 19 heavy (non-hydrogen) atoms. The maximum atomic E-state index is 13.5.